The van der Waals surface area contributed by atoms with Crippen LogP contribution in [0.15, 0.2) is 18.3 Å². The maximum atomic E-state index is 5.71. The van der Waals surface area contributed by atoms with Crippen LogP contribution < -0.4 is 4.90 Å². The lowest BCUT2D eigenvalue weighted by Crippen LogP contribution is -2.45. The molecule has 88 valence electrons. The Balaban J connectivity index is 2.10. The van der Waals surface area contributed by atoms with Crippen molar-refractivity contribution < 1.29 is 4.74 Å². The minimum Gasteiger partial charge on any atom is -0.372 e. The first-order chi connectivity index (χ1) is 7.69. The van der Waals surface area contributed by atoms with E-state index in [1.807, 2.05) is 6.20 Å². The van der Waals surface area contributed by atoms with Crippen LogP contribution >= 0.6 is 15.9 Å². The lowest BCUT2D eigenvalue weighted by Gasteiger charge is -2.36. The normalized spacial score (nSPS) is 25.8. The maximum Gasteiger partial charge on any atom is 0.128 e. The summed E-state index contributed by atoms with van der Waals surface area (Å²) >= 11 is 3.42. The third-order valence-electron chi connectivity index (χ3n) is 2.71. The summed E-state index contributed by atoms with van der Waals surface area (Å²) in [5.74, 6) is 1.05. The highest BCUT2D eigenvalue weighted by Crippen LogP contribution is 2.18. The Morgan fingerprint density at radius 2 is 2.06 bits per heavy atom. The van der Waals surface area contributed by atoms with Crippen LogP contribution in [0.3, 0.4) is 0 Å². The number of nitrogens with zero attached hydrogens (tertiary/aromatic N) is 2. The van der Waals surface area contributed by atoms with Crippen molar-refractivity contribution in [3.63, 3.8) is 0 Å². The zero-order chi connectivity index (χ0) is 11.5. The first-order valence-corrected chi connectivity index (χ1v) is 6.72. The van der Waals surface area contributed by atoms with E-state index in [9.17, 15) is 0 Å². The van der Waals surface area contributed by atoms with E-state index in [2.05, 4.69) is 51.8 Å². The molecule has 2 atom stereocenters. The average Bonchev–Trinajstić information content (AvgIpc) is 2.28. The van der Waals surface area contributed by atoms with Gasteiger partial charge in [-0.05, 0) is 25.5 Å². The van der Waals surface area contributed by atoms with Crippen molar-refractivity contribution >= 4 is 21.7 Å². The highest BCUT2D eigenvalue weighted by atomic mass is 79.9. The highest BCUT2D eigenvalue weighted by molar-refractivity contribution is 9.08. The molecule has 1 fully saturated rings. The SMILES string of the molecule is C[C@@H]1CN(c2ccc(CBr)cn2)C[C@H](C)O1. The number of morpholine rings is 1. The summed E-state index contributed by atoms with van der Waals surface area (Å²) in [7, 11) is 0. The average molecular weight is 285 g/mol. The summed E-state index contributed by atoms with van der Waals surface area (Å²) in [6.07, 6.45) is 2.48. The summed E-state index contributed by atoms with van der Waals surface area (Å²) in [5.41, 5.74) is 1.21. The molecular weight excluding hydrogens is 268 g/mol. The van der Waals surface area contributed by atoms with Crippen molar-refractivity contribution in [3.05, 3.63) is 23.9 Å². The predicted molar refractivity (Wildman–Crippen MR) is 69.1 cm³/mol. The Morgan fingerprint density at radius 1 is 1.38 bits per heavy atom. The Hall–Kier alpha value is -0.610. The van der Waals surface area contributed by atoms with Gasteiger partial charge in [-0.1, -0.05) is 22.0 Å². The van der Waals surface area contributed by atoms with E-state index in [4.69, 9.17) is 4.74 Å². The monoisotopic (exact) mass is 284 g/mol. The van der Waals surface area contributed by atoms with Crippen molar-refractivity contribution in [2.75, 3.05) is 18.0 Å². The largest absolute Gasteiger partial charge is 0.372 e. The molecule has 2 rings (SSSR count). The molecule has 2 heterocycles. The van der Waals surface area contributed by atoms with Gasteiger partial charge in [0.15, 0.2) is 0 Å². The molecule has 1 aromatic heterocycles. The summed E-state index contributed by atoms with van der Waals surface area (Å²) < 4.78 is 5.71. The Kier molecular flexibility index (Phi) is 3.82. The molecule has 0 N–H and O–H groups in total. The first-order valence-electron chi connectivity index (χ1n) is 5.60. The molecule has 4 heteroatoms. The standard InChI is InChI=1S/C12H17BrN2O/c1-9-7-15(8-10(2)16-9)12-4-3-11(5-13)6-14-12/h3-4,6,9-10H,5,7-8H2,1-2H3/t9-,10+. The van der Waals surface area contributed by atoms with Crippen molar-refractivity contribution in [2.45, 2.75) is 31.4 Å². The number of rotatable bonds is 2. The minimum absolute atomic E-state index is 0.279. The molecule has 1 saturated heterocycles. The van der Waals surface area contributed by atoms with Gasteiger partial charge in [-0.15, -0.1) is 0 Å². The molecule has 1 aromatic rings. The number of aromatic nitrogens is 1. The number of alkyl halides is 1. The van der Waals surface area contributed by atoms with Gasteiger partial charge in [0, 0.05) is 24.6 Å². The first kappa shape index (κ1) is 11.9. The maximum absolute atomic E-state index is 5.71. The number of anilines is 1. The topological polar surface area (TPSA) is 25.4 Å². The molecule has 0 unspecified atom stereocenters. The summed E-state index contributed by atoms with van der Waals surface area (Å²) in [4.78, 5) is 6.77. The zero-order valence-corrected chi connectivity index (χ0v) is 11.3. The molecule has 1 aliphatic rings. The second kappa shape index (κ2) is 5.15. The van der Waals surface area contributed by atoms with Crippen LogP contribution in [0.1, 0.15) is 19.4 Å². The molecule has 16 heavy (non-hydrogen) atoms. The van der Waals surface area contributed by atoms with Crippen molar-refractivity contribution in [3.8, 4) is 0 Å². The molecule has 0 aliphatic carbocycles. The quantitative estimate of drug-likeness (QED) is 0.781. The van der Waals surface area contributed by atoms with E-state index >= 15 is 0 Å². The number of hydrogen-bond donors (Lipinski definition) is 0. The van der Waals surface area contributed by atoms with Crippen LogP contribution in [0, 0.1) is 0 Å². The molecule has 0 spiro atoms. The van der Waals surface area contributed by atoms with Gasteiger partial charge in [0.2, 0.25) is 0 Å². The third kappa shape index (κ3) is 2.74. The molecule has 0 radical (unpaired) electrons. The van der Waals surface area contributed by atoms with Crippen molar-refractivity contribution in [1.82, 2.24) is 4.98 Å². The Morgan fingerprint density at radius 3 is 2.56 bits per heavy atom. The van der Waals surface area contributed by atoms with Crippen molar-refractivity contribution in [2.24, 2.45) is 0 Å². The number of halogens is 1. The van der Waals surface area contributed by atoms with E-state index in [1.165, 1.54) is 5.56 Å². The van der Waals surface area contributed by atoms with Gasteiger partial charge in [0.1, 0.15) is 5.82 Å². The summed E-state index contributed by atoms with van der Waals surface area (Å²) in [5, 5.41) is 0.857. The molecule has 0 bridgehead atoms. The number of ether oxygens (including phenoxy) is 1. The van der Waals surface area contributed by atoms with Crippen LogP contribution in [0.4, 0.5) is 5.82 Å². The fourth-order valence-electron chi connectivity index (χ4n) is 2.05. The van der Waals surface area contributed by atoms with Gasteiger partial charge in [-0.2, -0.15) is 0 Å². The summed E-state index contributed by atoms with van der Waals surface area (Å²) in [6.45, 7) is 6.06. The molecule has 0 amide bonds. The van der Waals surface area contributed by atoms with Crippen LogP contribution in [-0.4, -0.2) is 30.3 Å². The molecule has 1 aliphatic heterocycles. The van der Waals surface area contributed by atoms with Gasteiger partial charge in [-0.25, -0.2) is 4.98 Å². The second-order valence-electron chi connectivity index (χ2n) is 4.32. The van der Waals surface area contributed by atoms with E-state index in [-0.39, 0.29) is 12.2 Å². The van der Waals surface area contributed by atoms with Gasteiger partial charge in [0.05, 0.1) is 12.2 Å². The van der Waals surface area contributed by atoms with Gasteiger partial charge >= 0.3 is 0 Å². The fraction of sp³-hybridized carbons (Fsp3) is 0.583. The van der Waals surface area contributed by atoms with Crippen LogP contribution in [0.2, 0.25) is 0 Å². The lowest BCUT2D eigenvalue weighted by molar-refractivity contribution is -0.00545. The highest BCUT2D eigenvalue weighted by Gasteiger charge is 2.22. The van der Waals surface area contributed by atoms with Crippen molar-refractivity contribution in [1.29, 1.82) is 0 Å². The molecular formula is C12H17BrN2O. The molecule has 0 aromatic carbocycles. The van der Waals surface area contributed by atoms with Crippen LogP contribution in [0.25, 0.3) is 0 Å². The Bertz CT molecular complexity index is 331. The lowest BCUT2D eigenvalue weighted by atomic mass is 10.2. The van der Waals surface area contributed by atoms with E-state index < -0.39 is 0 Å². The van der Waals surface area contributed by atoms with Crippen LogP contribution in [0.5, 0.6) is 0 Å². The van der Waals surface area contributed by atoms with E-state index in [1.54, 1.807) is 0 Å². The minimum atomic E-state index is 0.279. The van der Waals surface area contributed by atoms with Gasteiger partial charge in [-0.3, -0.25) is 0 Å². The van der Waals surface area contributed by atoms with E-state index in [0.717, 1.165) is 24.2 Å². The van der Waals surface area contributed by atoms with Gasteiger partial charge in [0.25, 0.3) is 0 Å². The molecule has 3 nitrogen and oxygen atoms in total. The Labute approximate surface area is 105 Å². The smallest absolute Gasteiger partial charge is 0.128 e. The van der Waals surface area contributed by atoms with E-state index in [0.29, 0.717) is 0 Å². The van der Waals surface area contributed by atoms with Crippen LogP contribution in [-0.2, 0) is 10.1 Å². The fourth-order valence-corrected chi connectivity index (χ4v) is 2.38. The number of pyridine rings is 1. The second-order valence-corrected chi connectivity index (χ2v) is 4.88. The number of hydrogen-bond acceptors (Lipinski definition) is 3. The predicted octanol–water partition coefficient (Wildman–Crippen LogP) is 2.59. The summed E-state index contributed by atoms with van der Waals surface area (Å²) in [6, 6.07) is 4.20. The third-order valence-corrected chi connectivity index (χ3v) is 3.35. The molecule has 0 saturated carbocycles. The zero-order valence-electron chi connectivity index (χ0n) is 9.69. The van der Waals surface area contributed by atoms with Gasteiger partial charge < -0.3 is 9.64 Å².